The third kappa shape index (κ3) is 2.44. The van der Waals surface area contributed by atoms with Gasteiger partial charge in [0.1, 0.15) is 4.99 Å². The molecule has 0 aromatic heterocycles. The predicted octanol–water partition coefficient (Wildman–Crippen LogP) is 4.35. The van der Waals surface area contributed by atoms with Crippen molar-refractivity contribution in [2.24, 2.45) is 23.5 Å². The Morgan fingerprint density at radius 1 is 1.14 bits per heavy atom. The van der Waals surface area contributed by atoms with Crippen LogP contribution in [0.2, 0.25) is 5.02 Å². The number of nitrogens with two attached hydrogens (primary N) is 1. The van der Waals surface area contributed by atoms with Crippen molar-refractivity contribution in [3.63, 3.8) is 0 Å². The summed E-state index contributed by atoms with van der Waals surface area (Å²) in [7, 11) is 0. The predicted molar refractivity (Wildman–Crippen MR) is 91.9 cm³/mol. The minimum atomic E-state index is 0.249. The van der Waals surface area contributed by atoms with Crippen LogP contribution < -0.4 is 11.1 Å². The summed E-state index contributed by atoms with van der Waals surface area (Å²) >= 11 is 11.4. The molecule has 4 heteroatoms. The quantitative estimate of drug-likeness (QED) is 0.813. The number of thiocarbonyl (C=S) groups is 1. The fourth-order valence-corrected chi connectivity index (χ4v) is 5.73. The number of halogens is 1. The van der Waals surface area contributed by atoms with Crippen LogP contribution in [0.5, 0.6) is 0 Å². The summed E-state index contributed by atoms with van der Waals surface area (Å²) in [6.45, 7) is 0. The molecule has 4 fully saturated rings. The molecule has 4 aliphatic carbocycles. The topological polar surface area (TPSA) is 38.0 Å². The molecular weight excluding hydrogens is 300 g/mol. The van der Waals surface area contributed by atoms with E-state index >= 15 is 0 Å². The Hall–Kier alpha value is -0.800. The molecule has 0 spiro atoms. The summed E-state index contributed by atoms with van der Waals surface area (Å²) in [5, 5.41) is 4.56. The van der Waals surface area contributed by atoms with Gasteiger partial charge < -0.3 is 11.1 Å². The highest BCUT2D eigenvalue weighted by Crippen LogP contribution is 2.56. The SMILES string of the molecule is NC(=S)c1ccc(Cl)cc1NC12CC3CC(CC(C3)C1)C2. The summed E-state index contributed by atoms with van der Waals surface area (Å²) in [6.07, 6.45) is 8.21. The molecule has 0 heterocycles. The van der Waals surface area contributed by atoms with Crippen molar-refractivity contribution in [3.8, 4) is 0 Å². The van der Waals surface area contributed by atoms with E-state index in [0.717, 1.165) is 34.0 Å². The summed E-state index contributed by atoms with van der Waals surface area (Å²) in [5.41, 5.74) is 8.08. The molecule has 4 bridgehead atoms. The maximum atomic E-state index is 6.18. The van der Waals surface area contributed by atoms with Crippen LogP contribution in [0.25, 0.3) is 0 Å². The minimum Gasteiger partial charge on any atom is -0.389 e. The van der Waals surface area contributed by atoms with E-state index in [-0.39, 0.29) is 5.54 Å². The molecule has 1 aromatic carbocycles. The fourth-order valence-electron chi connectivity index (χ4n) is 5.38. The number of hydrogen-bond acceptors (Lipinski definition) is 2. The van der Waals surface area contributed by atoms with Gasteiger partial charge in [-0.1, -0.05) is 23.8 Å². The molecule has 0 radical (unpaired) electrons. The van der Waals surface area contributed by atoms with Gasteiger partial charge in [-0.2, -0.15) is 0 Å². The molecule has 5 rings (SSSR count). The minimum absolute atomic E-state index is 0.249. The van der Waals surface area contributed by atoms with Gasteiger partial charge in [0.2, 0.25) is 0 Å². The van der Waals surface area contributed by atoms with Crippen molar-refractivity contribution < 1.29 is 0 Å². The molecule has 0 saturated heterocycles. The van der Waals surface area contributed by atoms with E-state index in [0.29, 0.717) is 4.99 Å². The number of benzene rings is 1. The van der Waals surface area contributed by atoms with Gasteiger partial charge in [0.25, 0.3) is 0 Å². The maximum absolute atomic E-state index is 6.18. The molecule has 0 amide bonds. The highest BCUT2D eigenvalue weighted by molar-refractivity contribution is 7.80. The van der Waals surface area contributed by atoms with Gasteiger partial charge in [-0.3, -0.25) is 0 Å². The van der Waals surface area contributed by atoms with Gasteiger partial charge in [0.15, 0.2) is 0 Å². The van der Waals surface area contributed by atoms with Crippen molar-refractivity contribution in [1.82, 2.24) is 0 Å². The maximum Gasteiger partial charge on any atom is 0.106 e. The van der Waals surface area contributed by atoms with Crippen LogP contribution in [0.1, 0.15) is 44.1 Å². The van der Waals surface area contributed by atoms with E-state index in [4.69, 9.17) is 29.6 Å². The van der Waals surface area contributed by atoms with Gasteiger partial charge in [0.05, 0.1) is 0 Å². The third-order valence-corrected chi connectivity index (χ3v) is 6.14. The fraction of sp³-hybridized carbons (Fsp3) is 0.588. The number of anilines is 1. The zero-order valence-corrected chi connectivity index (χ0v) is 13.6. The molecule has 4 saturated carbocycles. The molecule has 3 N–H and O–H groups in total. The van der Waals surface area contributed by atoms with Crippen molar-refractivity contribution in [3.05, 3.63) is 28.8 Å². The van der Waals surface area contributed by atoms with E-state index in [9.17, 15) is 0 Å². The summed E-state index contributed by atoms with van der Waals surface area (Å²) in [4.78, 5) is 0.443. The number of nitrogens with one attached hydrogen (secondary N) is 1. The van der Waals surface area contributed by atoms with Gasteiger partial charge in [0, 0.05) is 21.8 Å². The lowest BCUT2D eigenvalue weighted by Crippen LogP contribution is -2.55. The van der Waals surface area contributed by atoms with Crippen molar-refractivity contribution in [2.75, 3.05) is 5.32 Å². The summed E-state index contributed by atoms with van der Waals surface area (Å²) in [5.74, 6) is 2.74. The lowest BCUT2D eigenvalue weighted by atomic mass is 9.53. The van der Waals surface area contributed by atoms with Crippen LogP contribution in [-0.4, -0.2) is 10.5 Å². The first-order chi connectivity index (χ1) is 10.0. The van der Waals surface area contributed by atoms with Gasteiger partial charge >= 0.3 is 0 Å². The van der Waals surface area contributed by atoms with E-state index < -0.39 is 0 Å². The molecule has 0 atom stereocenters. The standard InChI is InChI=1S/C17H21ClN2S/c18-13-1-2-14(16(19)21)15(6-13)20-17-7-10-3-11(8-17)5-12(4-10)9-17/h1-2,6,10-12,20H,3-5,7-9H2,(H2,19,21). The number of rotatable bonds is 3. The van der Waals surface area contributed by atoms with E-state index in [2.05, 4.69) is 5.32 Å². The molecular formula is C17H21ClN2S. The Morgan fingerprint density at radius 3 is 2.24 bits per heavy atom. The molecule has 1 aromatic rings. The first kappa shape index (κ1) is 13.8. The zero-order valence-electron chi connectivity index (χ0n) is 12.1. The van der Waals surface area contributed by atoms with Crippen LogP contribution >= 0.6 is 23.8 Å². The van der Waals surface area contributed by atoms with Crippen LogP contribution in [0.4, 0.5) is 5.69 Å². The Kier molecular flexibility index (Phi) is 3.20. The second-order valence-corrected chi connectivity index (χ2v) is 8.25. The van der Waals surface area contributed by atoms with Crippen molar-refractivity contribution in [2.45, 2.75) is 44.1 Å². The van der Waals surface area contributed by atoms with Crippen LogP contribution in [-0.2, 0) is 0 Å². The molecule has 21 heavy (non-hydrogen) atoms. The highest BCUT2D eigenvalue weighted by Gasteiger charge is 2.51. The van der Waals surface area contributed by atoms with Crippen LogP contribution in [0, 0.1) is 17.8 Å². The average molecular weight is 321 g/mol. The van der Waals surface area contributed by atoms with Gasteiger partial charge in [-0.05, 0) is 74.5 Å². The monoisotopic (exact) mass is 320 g/mol. The Labute approximate surface area is 136 Å². The average Bonchev–Trinajstić information content (AvgIpc) is 2.35. The smallest absolute Gasteiger partial charge is 0.106 e. The van der Waals surface area contributed by atoms with Crippen LogP contribution in [0.3, 0.4) is 0 Å². The van der Waals surface area contributed by atoms with Crippen LogP contribution in [0.15, 0.2) is 18.2 Å². The van der Waals surface area contributed by atoms with Crippen molar-refractivity contribution >= 4 is 34.5 Å². The third-order valence-electron chi connectivity index (χ3n) is 5.69. The second kappa shape index (κ2) is 4.85. The molecule has 0 aliphatic heterocycles. The summed E-state index contributed by atoms with van der Waals surface area (Å²) in [6, 6.07) is 5.78. The largest absolute Gasteiger partial charge is 0.389 e. The van der Waals surface area contributed by atoms with E-state index in [1.807, 2.05) is 18.2 Å². The molecule has 2 nitrogen and oxygen atoms in total. The second-order valence-electron chi connectivity index (χ2n) is 7.38. The molecule has 112 valence electrons. The van der Waals surface area contributed by atoms with Crippen molar-refractivity contribution in [1.29, 1.82) is 0 Å². The van der Waals surface area contributed by atoms with E-state index in [1.54, 1.807) is 0 Å². The molecule has 4 aliphatic rings. The van der Waals surface area contributed by atoms with Gasteiger partial charge in [-0.15, -0.1) is 0 Å². The Bertz CT molecular complexity index is 563. The van der Waals surface area contributed by atoms with E-state index in [1.165, 1.54) is 38.5 Å². The molecule has 0 unspecified atom stereocenters. The summed E-state index contributed by atoms with van der Waals surface area (Å²) < 4.78 is 0. The first-order valence-corrected chi connectivity index (χ1v) is 8.69. The number of hydrogen-bond donors (Lipinski definition) is 2. The zero-order chi connectivity index (χ0) is 14.6. The Morgan fingerprint density at radius 2 is 1.71 bits per heavy atom. The highest BCUT2D eigenvalue weighted by atomic mass is 35.5. The lowest BCUT2D eigenvalue weighted by molar-refractivity contribution is 0.0107. The van der Waals surface area contributed by atoms with Gasteiger partial charge in [-0.25, -0.2) is 0 Å². The lowest BCUT2D eigenvalue weighted by Gasteiger charge is -2.57. The first-order valence-electron chi connectivity index (χ1n) is 7.90. The normalized spacial score (nSPS) is 36.7. The Balaban J connectivity index is 1.67.